The third kappa shape index (κ3) is 3.40. The molecular weight excluding hydrogens is 206 g/mol. The van der Waals surface area contributed by atoms with Crippen molar-refractivity contribution in [1.82, 2.24) is 0 Å². The Bertz CT molecular complexity index is 328. The molecule has 0 saturated carbocycles. The van der Waals surface area contributed by atoms with Gasteiger partial charge in [-0.15, -0.1) is 0 Å². The molecule has 0 aliphatic carbocycles. The van der Waals surface area contributed by atoms with E-state index in [1.807, 2.05) is 25.1 Å². The second-order valence-electron chi connectivity index (χ2n) is 3.57. The molecule has 0 aliphatic heterocycles. The minimum Gasteiger partial charge on any atom is -0.493 e. The van der Waals surface area contributed by atoms with Gasteiger partial charge in [-0.2, -0.15) is 0 Å². The second kappa shape index (κ2) is 6.35. The Kier molecular flexibility index (Phi) is 5.08. The fourth-order valence-corrected chi connectivity index (χ4v) is 1.42. The van der Waals surface area contributed by atoms with Gasteiger partial charge in [-0.05, 0) is 24.6 Å². The standard InChI is InChI=1S/C12H19NO3/c1-9(8-14-2)16-11-5-4-10(7-13)6-12(11)15-3/h4-6,9H,7-8,13H2,1-3H3. The Hall–Kier alpha value is -1.26. The van der Waals surface area contributed by atoms with Crippen LogP contribution in [0.15, 0.2) is 18.2 Å². The van der Waals surface area contributed by atoms with Crippen LogP contribution in [0.1, 0.15) is 12.5 Å². The third-order valence-electron chi connectivity index (χ3n) is 2.19. The SMILES string of the molecule is COCC(C)Oc1ccc(CN)cc1OC. The Morgan fingerprint density at radius 3 is 2.56 bits per heavy atom. The van der Waals surface area contributed by atoms with E-state index in [0.717, 1.165) is 5.56 Å². The Balaban J connectivity index is 2.78. The molecule has 0 aromatic heterocycles. The predicted molar refractivity (Wildman–Crippen MR) is 62.9 cm³/mol. The van der Waals surface area contributed by atoms with Crippen LogP contribution < -0.4 is 15.2 Å². The number of rotatable bonds is 6. The van der Waals surface area contributed by atoms with Gasteiger partial charge in [0.2, 0.25) is 0 Å². The first-order valence-corrected chi connectivity index (χ1v) is 5.23. The maximum atomic E-state index is 5.69. The molecule has 0 saturated heterocycles. The van der Waals surface area contributed by atoms with E-state index in [4.69, 9.17) is 19.9 Å². The molecule has 1 atom stereocenters. The molecule has 4 nitrogen and oxygen atoms in total. The summed E-state index contributed by atoms with van der Waals surface area (Å²) >= 11 is 0. The number of ether oxygens (including phenoxy) is 3. The van der Waals surface area contributed by atoms with E-state index in [1.165, 1.54) is 0 Å². The van der Waals surface area contributed by atoms with Crippen molar-refractivity contribution >= 4 is 0 Å². The first kappa shape index (κ1) is 12.8. The summed E-state index contributed by atoms with van der Waals surface area (Å²) in [6, 6.07) is 5.68. The molecule has 1 rings (SSSR count). The van der Waals surface area contributed by atoms with Crippen molar-refractivity contribution in [3.05, 3.63) is 23.8 Å². The van der Waals surface area contributed by atoms with Gasteiger partial charge in [0.25, 0.3) is 0 Å². The molecule has 0 heterocycles. The third-order valence-corrected chi connectivity index (χ3v) is 2.19. The van der Waals surface area contributed by atoms with Crippen molar-refractivity contribution in [3.63, 3.8) is 0 Å². The van der Waals surface area contributed by atoms with E-state index < -0.39 is 0 Å². The molecule has 1 aromatic rings. The van der Waals surface area contributed by atoms with Gasteiger partial charge < -0.3 is 19.9 Å². The lowest BCUT2D eigenvalue weighted by Crippen LogP contribution is -2.18. The minimum absolute atomic E-state index is 0.0115. The average molecular weight is 225 g/mol. The maximum Gasteiger partial charge on any atom is 0.161 e. The lowest BCUT2D eigenvalue weighted by atomic mass is 10.2. The van der Waals surface area contributed by atoms with E-state index in [1.54, 1.807) is 14.2 Å². The van der Waals surface area contributed by atoms with Crippen LogP contribution in [0.25, 0.3) is 0 Å². The van der Waals surface area contributed by atoms with Crippen LogP contribution in [0, 0.1) is 0 Å². The normalized spacial score (nSPS) is 12.2. The van der Waals surface area contributed by atoms with E-state index >= 15 is 0 Å². The first-order valence-electron chi connectivity index (χ1n) is 5.23. The van der Waals surface area contributed by atoms with Gasteiger partial charge in [0.1, 0.15) is 6.10 Å². The molecule has 0 spiro atoms. The summed E-state index contributed by atoms with van der Waals surface area (Å²) < 4.78 is 15.9. The van der Waals surface area contributed by atoms with Crippen molar-refractivity contribution < 1.29 is 14.2 Å². The van der Waals surface area contributed by atoms with Gasteiger partial charge in [-0.25, -0.2) is 0 Å². The molecule has 2 N–H and O–H groups in total. The monoisotopic (exact) mass is 225 g/mol. The average Bonchev–Trinajstić information content (AvgIpc) is 2.30. The molecular formula is C12H19NO3. The van der Waals surface area contributed by atoms with Crippen LogP contribution >= 0.6 is 0 Å². The zero-order valence-electron chi connectivity index (χ0n) is 10.0. The fraction of sp³-hybridized carbons (Fsp3) is 0.500. The van der Waals surface area contributed by atoms with Gasteiger partial charge in [-0.3, -0.25) is 0 Å². The summed E-state index contributed by atoms with van der Waals surface area (Å²) in [7, 11) is 3.26. The highest BCUT2D eigenvalue weighted by molar-refractivity contribution is 5.43. The minimum atomic E-state index is -0.0115. The smallest absolute Gasteiger partial charge is 0.161 e. The number of nitrogens with two attached hydrogens (primary N) is 1. The zero-order valence-corrected chi connectivity index (χ0v) is 10.0. The quantitative estimate of drug-likeness (QED) is 0.798. The van der Waals surface area contributed by atoms with Crippen molar-refractivity contribution in [2.75, 3.05) is 20.8 Å². The Labute approximate surface area is 96.3 Å². The fourth-order valence-electron chi connectivity index (χ4n) is 1.42. The molecule has 0 fully saturated rings. The highest BCUT2D eigenvalue weighted by atomic mass is 16.5. The van der Waals surface area contributed by atoms with Crippen LogP contribution in [0.2, 0.25) is 0 Å². The van der Waals surface area contributed by atoms with Gasteiger partial charge in [0, 0.05) is 13.7 Å². The van der Waals surface area contributed by atoms with Gasteiger partial charge >= 0.3 is 0 Å². The topological polar surface area (TPSA) is 53.7 Å². The molecule has 0 radical (unpaired) electrons. The summed E-state index contributed by atoms with van der Waals surface area (Å²) in [4.78, 5) is 0. The number of methoxy groups -OCH3 is 2. The van der Waals surface area contributed by atoms with Crippen LogP contribution in [0.5, 0.6) is 11.5 Å². The van der Waals surface area contributed by atoms with Crippen molar-refractivity contribution in [2.24, 2.45) is 5.73 Å². The van der Waals surface area contributed by atoms with E-state index in [9.17, 15) is 0 Å². The van der Waals surface area contributed by atoms with Crippen LogP contribution in [-0.2, 0) is 11.3 Å². The Morgan fingerprint density at radius 2 is 2.00 bits per heavy atom. The van der Waals surface area contributed by atoms with Crippen molar-refractivity contribution in [2.45, 2.75) is 19.6 Å². The van der Waals surface area contributed by atoms with Gasteiger partial charge in [-0.1, -0.05) is 6.07 Å². The molecule has 0 bridgehead atoms. The van der Waals surface area contributed by atoms with Crippen molar-refractivity contribution in [1.29, 1.82) is 0 Å². The summed E-state index contributed by atoms with van der Waals surface area (Å²) in [5.74, 6) is 1.41. The lowest BCUT2D eigenvalue weighted by Gasteiger charge is -2.16. The maximum absolute atomic E-state index is 5.69. The van der Waals surface area contributed by atoms with Crippen LogP contribution in [-0.4, -0.2) is 26.9 Å². The van der Waals surface area contributed by atoms with Crippen LogP contribution in [0.3, 0.4) is 0 Å². The predicted octanol–water partition coefficient (Wildman–Crippen LogP) is 1.57. The zero-order chi connectivity index (χ0) is 12.0. The molecule has 90 valence electrons. The summed E-state index contributed by atoms with van der Waals surface area (Å²) in [6.07, 6.45) is -0.0115. The second-order valence-corrected chi connectivity index (χ2v) is 3.57. The summed E-state index contributed by atoms with van der Waals surface area (Å²) in [6.45, 7) is 2.98. The molecule has 16 heavy (non-hydrogen) atoms. The lowest BCUT2D eigenvalue weighted by molar-refractivity contribution is 0.0900. The Morgan fingerprint density at radius 1 is 1.25 bits per heavy atom. The highest BCUT2D eigenvalue weighted by Crippen LogP contribution is 2.28. The number of benzene rings is 1. The largest absolute Gasteiger partial charge is 0.493 e. The molecule has 0 aliphatic rings. The van der Waals surface area contributed by atoms with Gasteiger partial charge in [0.05, 0.1) is 13.7 Å². The van der Waals surface area contributed by atoms with E-state index in [0.29, 0.717) is 24.7 Å². The van der Waals surface area contributed by atoms with Crippen LogP contribution in [0.4, 0.5) is 0 Å². The highest BCUT2D eigenvalue weighted by Gasteiger charge is 2.09. The first-order chi connectivity index (χ1) is 7.71. The summed E-state index contributed by atoms with van der Waals surface area (Å²) in [5, 5.41) is 0. The van der Waals surface area contributed by atoms with Crippen molar-refractivity contribution in [3.8, 4) is 11.5 Å². The van der Waals surface area contributed by atoms with E-state index in [-0.39, 0.29) is 6.10 Å². The van der Waals surface area contributed by atoms with Gasteiger partial charge in [0.15, 0.2) is 11.5 Å². The summed E-state index contributed by atoms with van der Waals surface area (Å²) in [5.41, 5.74) is 6.57. The number of hydrogen-bond acceptors (Lipinski definition) is 4. The molecule has 1 aromatic carbocycles. The molecule has 1 unspecified atom stereocenters. The molecule has 0 amide bonds. The number of hydrogen-bond donors (Lipinski definition) is 1. The van der Waals surface area contributed by atoms with E-state index in [2.05, 4.69) is 0 Å². The molecule has 4 heteroatoms.